The van der Waals surface area contributed by atoms with E-state index in [0.717, 1.165) is 6.20 Å². The van der Waals surface area contributed by atoms with E-state index in [1.807, 2.05) is 0 Å². The lowest BCUT2D eigenvalue weighted by Crippen LogP contribution is -2.17. The second-order valence-electron chi connectivity index (χ2n) is 4.41. The normalized spacial score (nSPS) is 11.2. The molecule has 0 amide bonds. The summed E-state index contributed by atoms with van der Waals surface area (Å²) in [4.78, 5) is 16.3. The third-order valence-corrected chi connectivity index (χ3v) is 4.65. The fourth-order valence-corrected chi connectivity index (χ4v) is 3.28. The van der Waals surface area contributed by atoms with E-state index in [4.69, 9.17) is 15.2 Å². The number of ether oxygens (including phenoxy) is 2. The Bertz CT molecular complexity index is 845. The van der Waals surface area contributed by atoms with Crippen molar-refractivity contribution in [2.75, 3.05) is 20.0 Å². The summed E-state index contributed by atoms with van der Waals surface area (Å²) in [5, 5.41) is 0. The number of hydrogen-bond acceptors (Lipinski definition) is 7. The predicted octanol–water partition coefficient (Wildman–Crippen LogP) is 0.343. The molecule has 0 aliphatic carbocycles. The van der Waals surface area contributed by atoms with Crippen LogP contribution in [0.15, 0.2) is 34.1 Å². The van der Waals surface area contributed by atoms with Crippen molar-refractivity contribution >= 4 is 15.7 Å². The highest BCUT2D eigenvalue weighted by molar-refractivity contribution is 7.90. The Labute approximate surface area is 126 Å². The van der Waals surface area contributed by atoms with Gasteiger partial charge in [-0.05, 0) is 17.7 Å². The van der Waals surface area contributed by atoms with Gasteiger partial charge >= 0.3 is 5.69 Å². The van der Waals surface area contributed by atoms with Gasteiger partial charge in [-0.25, -0.2) is 18.2 Å². The fourth-order valence-electron chi connectivity index (χ4n) is 1.91. The van der Waals surface area contributed by atoms with E-state index >= 15 is 0 Å². The SMILES string of the molecule is COc1ccc(CS(=O)(=O)c2cnc(=O)[nH]c2N)cc1OC. The van der Waals surface area contributed by atoms with Crippen LogP contribution in [0.2, 0.25) is 0 Å². The number of sulfone groups is 1. The van der Waals surface area contributed by atoms with Crippen molar-refractivity contribution in [3.05, 3.63) is 40.4 Å². The highest BCUT2D eigenvalue weighted by Crippen LogP contribution is 2.29. The lowest BCUT2D eigenvalue weighted by Gasteiger charge is -2.10. The highest BCUT2D eigenvalue weighted by atomic mass is 32.2. The molecule has 0 fully saturated rings. The average molecular weight is 325 g/mol. The minimum Gasteiger partial charge on any atom is -0.493 e. The van der Waals surface area contributed by atoms with E-state index in [1.165, 1.54) is 14.2 Å². The summed E-state index contributed by atoms with van der Waals surface area (Å²) in [6, 6.07) is 4.78. The maximum atomic E-state index is 12.4. The minimum absolute atomic E-state index is 0.220. The maximum Gasteiger partial charge on any atom is 0.346 e. The van der Waals surface area contributed by atoms with Crippen molar-refractivity contribution in [1.29, 1.82) is 0 Å². The van der Waals surface area contributed by atoms with E-state index in [2.05, 4.69) is 9.97 Å². The molecule has 0 aliphatic heterocycles. The number of aromatic amines is 1. The van der Waals surface area contributed by atoms with Crippen molar-refractivity contribution in [2.45, 2.75) is 10.6 Å². The first-order valence-electron chi connectivity index (χ1n) is 6.16. The summed E-state index contributed by atoms with van der Waals surface area (Å²) in [5.41, 5.74) is 5.33. The molecule has 0 bridgehead atoms. The first kappa shape index (κ1) is 15.8. The molecule has 3 N–H and O–H groups in total. The summed E-state index contributed by atoms with van der Waals surface area (Å²) in [5.74, 6) is 0.364. The first-order valence-corrected chi connectivity index (χ1v) is 7.81. The van der Waals surface area contributed by atoms with Crippen LogP contribution in [0.3, 0.4) is 0 Å². The van der Waals surface area contributed by atoms with Crippen LogP contribution in [0.5, 0.6) is 11.5 Å². The van der Waals surface area contributed by atoms with Gasteiger partial charge in [0.25, 0.3) is 0 Å². The second-order valence-corrected chi connectivity index (χ2v) is 6.37. The van der Waals surface area contributed by atoms with Gasteiger partial charge in [-0.1, -0.05) is 6.07 Å². The Morgan fingerprint density at radius 2 is 1.91 bits per heavy atom. The van der Waals surface area contributed by atoms with E-state index in [-0.39, 0.29) is 16.5 Å². The summed E-state index contributed by atoms with van der Waals surface area (Å²) in [6.45, 7) is 0. The lowest BCUT2D eigenvalue weighted by molar-refractivity contribution is 0.354. The molecule has 118 valence electrons. The van der Waals surface area contributed by atoms with E-state index in [1.54, 1.807) is 18.2 Å². The zero-order chi connectivity index (χ0) is 16.3. The number of H-pyrrole nitrogens is 1. The third kappa shape index (κ3) is 3.19. The molecular weight excluding hydrogens is 310 g/mol. The molecular formula is C13H15N3O5S. The Balaban J connectivity index is 2.38. The molecule has 0 unspecified atom stereocenters. The van der Waals surface area contributed by atoms with Gasteiger partial charge in [0.05, 0.1) is 26.2 Å². The van der Waals surface area contributed by atoms with E-state index in [0.29, 0.717) is 17.1 Å². The van der Waals surface area contributed by atoms with Gasteiger partial charge in [0.2, 0.25) is 0 Å². The maximum absolute atomic E-state index is 12.4. The number of rotatable bonds is 5. The van der Waals surface area contributed by atoms with E-state index in [9.17, 15) is 13.2 Å². The number of benzene rings is 1. The van der Waals surface area contributed by atoms with Crippen LogP contribution in [0.1, 0.15) is 5.56 Å². The summed E-state index contributed by atoms with van der Waals surface area (Å²) in [6.07, 6.45) is 0.949. The van der Waals surface area contributed by atoms with Gasteiger partial charge in [0.1, 0.15) is 10.7 Å². The molecule has 22 heavy (non-hydrogen) atoms. The smallest absolute Gasteiger partial charge is 0.346 e. The van der Waals surface area contributed by atoms with E-state index < -0.39 is 15.5 Å². The number of nitrogen functional groups attached to an aromatic ring is 1. The van der Waals surface area contributed by atoms with Crippen molar-refractivity contribution < 1.29 is 17.9 Å². The van der Waals surface area contributed by atoms with Crippen LogP contribution in [-0.2, 0) is 15.6 Å². The molecule has 1 aromatic heterocycles. The van der Waals surface area contributed by atoms with Gasteiger partial charge in [-0.15, -0.1) is 0 Å². The number of nitrogens with one attached hydrogen (secondary N) is 1. The summed E-state index contributed by atoms with van der Waals surface area (Å²) < 4.78 is 35.0. The van der Waals surface area contributed by atoms with Crippen LogP contribution in [0.4, 0.5) is 5.82 Å². The highest BCUT2D eigenvalue weighted by Gasteiger charge is 2.20. The van der Waals surface area contributed by atoms with Crippen molar-refractivity contribution in [1.82, 2.24) is 9.97 Å². The predicted molar refractivity (Wildman–Crippen MR) is 79.7 cm³/mol. The average Bonchev–Trinajstić information content (AvgIpc) is 2.46. The Morgan fingerprint density at radius 1 is 1.23 bits per heavy atom. The van der Waals surface area contributed by atoms with Gasteiger partial charge in [0.15, 0.2) is 21.3 Å². The van der Waals surface area contributed by atoms with Crippen molar-refractivity contribution in [3.63, 3.8) is 0 Å². The standard InChI is InChI=1S/C13H15N3O5S/c1-20-9-4-3-8(5-10(9)21-2)7-22(18,19)11-6-15-13(17)16-12(11)14/h3-6H,7H2,1-2H3,(H3,14,15,16,17). The molecule has 0 saturated carbocycles. The van der Waals surface area contributed by atoms with Gasteiger partial charge < -0.3 is 15.2 Å². The zero-order valence-electron chi connectivity index (χ0n) is 12.0. The number of aromatic nitrogens is 2. The number of methoxy groups -OCH3 is 2. The minimum atomic E-state index is -3.76. The van der Waals surface area contributed by atoms with Gasteiger partial charge in [-0.3, -0.25) is 4.98 Å². The zero-order valence-corrected chi connectivity index (χ0v) is 12.8. The number of nitrogens with two attached hydrogens (primary N) is 1. The molecule has 0 atom stereocenters. The number of nitrogens with zero attached hydrogens (tertiary/aromatic N) is 1. The monoisotopic (exact) mass is 325 g/mol. The Hall–Kier alpha value is -2.55. The first-order chi connectivity index (χ1) is 10.4. The number of hydrogen-bond donors (Lipinski definition) is 2. The third-order valence-electron chi connectivity index (χ3n) is 2.95. The summed E-state index contributed by atoms with van der Waals surface area (Å²) >= 11 is 0. The van der Waals surface area contributed by atoms with Crippen LogP contribution in [0, 0.1) is 0 Å². The second kappa shape index (κ2) is 6.06. The van der Waals surface area contributed by atoms with Crippen LogP contribution >= 0.6 is 0 Å². The van der Waals surface area contributed by atoms with Crippen LogP contribution < -0.4 is 20.9 Å². The van der Waals surface area contributed by atoms with Gasteiger partial charge in [0, 0.05) is 0 Å². The molecule has 2 rings (SSSR count). The van der Waals surface area contributed by atoms with Crippen LogP contribution in [-0.4, -0.2) is 32.6 Å². The quantitative estimate of drug-likeness (QED) is 0.812. The molecule has 0 radical (unpaired) electrons. The molecule has 2 aromatic rings. The fraction of sp³-hybridized carbons (Fsp3) is 0.231. The molecule has 1 aromatic carbocycles. The van der Waals surface area contributed by atoms with Gasteiger partial charge in [-0.2, -0.15) is 0 Å². The largest absolute Gasteiger partial charge is 0.493 e. The Morgan fingerprint density at radius 3 is 2.50 bits per heavy atom. The molecule has 9 heteroatoms. The molecule has 0 aliphatic rings. The van der Waals surface area contributed by atoms with Crippen LogP contribution in [0.25, 0.3) is 0 Å². The lowest BCUT2D eigenvalue weighted by atomic mass is 10.2. The molecule has 1 heterocycles. The topological polar surface area (TPSA) is 124 Å². The number of anilines is 1. The molecule has 8 nitrogen and oxygen atoms in total. The molecule has 0 spiro atoms. The molecule has 0 saturated heterocycles. The van der Waals surface area contributed by atoms with Crippen molar-refractivity contribution in [3.8, 4) is 11.5 Å². The van der Waals surface area contributed by atoms with Crippen molar-refractivity contribution in [2.24, 2.45) is 0 Å². The Kier molecular flexibility index (Phi) is 4.36. The summed E-state index contributed by atoms with van der Waals surface area (Å²) in [7, 11) is -0.814.